The Kier molecular flexibility index (Phi) is 5.67. The maximum Gasteiger partial charge on any atom is 0.0813 e. The third-order valence-corrected chi connectivity index (χ3v) is 4.75. The van der Waals surface area contributed by atoms with Gasteiger partial charge in [-0.05, 0) is 50.3 Å². The van der Waals surface area contributed by atoms with Crippen LogP contribution in [0.5, 0.6) is 0 Å². The van der Waals surface area contributed by atoms with Gasteiger partial charge in [0.05, 0.1) is 12.7 Å². The highest BCUT2D eigenvalue weighted by molar-refractivity contribution is 7.11. The molecular weight excluding hydrogens is 242 g/mol. The summed E-state index contributed by atoms with van der Waals surface area (Å²) in [5.41, 5.74) is 0. The van der Waals surface area contributed by atoms with Crippen molar-refractivity contribution in [3.05, 3.63) is 21.9 Å². The maximum absolute atomic E-state index is 6.03. The first-order chi connectivity index (χ1) is 8.78. The molecule has 2 rings (SSSR count). The summed E-state index contributed by atoms with van der Waals surface area (Å²) in [5, 5.41) is 3.36. The molecule has 2 nitrogen and oxygen atoms in total. The van der Waals surface area contributed by atoms with Crippen molar-refractivity contribution in [3.63, 3.8) is 0 Å². The van der Waals surface area contributed by atoms with Crippen LogP contribution in [0.15, 0.2) is 12.1 Å². The standard InChI is InChI=1S/C15H25NOS/c1-3-16-10-14-8-9-15(18-14)11-17-13-6-4-12(2)5-7-13/h8-9,12-13,16H,3-7,10-11H2,1-2H3. The van der Waals surface area contributed by atoms with Gasteiger partial charge in [-0.1, -0.05) is 13.8 Å². The third kappa shape index (κ3) is 4.38. The van der Waals surface area contributed by atoms with Crippen LogP contribution in [0.4, 0.5) is 0 Å². The molecule has 0 amide bonds. The van der Waals surface area contributed by atoms with Crippen LogP contribution in [0.25, 0.3) is 0 Å². The average Bonchev–Trinajstić information content (AvgIpc) is 2.84. The van der Waals surface area contributed by atoms with Crippen molar-refractivity contribution in [2.75, 3.05) is 6.54 Å². The van der Waals surface area contributed by atoms with E-state index >= 15 is 0 Å². The lowest BCUT2D eigenvalue weighted by molar-refractivity contribution is 0.0100. The van der Waals surface area contributed by atoms with E-state index in [1.54, 1.807) is 0 Å². The van der Waals surface area contributed by atoms with Crippen molar-refractivity contribution < 1.29 is 4.74 Å². The quantitative estimate of drug-likeness (QED) is 0.842. The van der Waals surface area contributed by atoms with Crippen molar-refractivity contribution in [2.45, 2.75) is 58.8 Å². The monoisotopic (exact) mass is 267 g/mol. The topological polar surface area (TPSA) is 21.3 Å². The van der Waals surface area contributed by atoms with E-state index in [1.165, 1.54) is 35.4 Å². The van der Waals surface area contributed by atoms with E-state index in [4.69, 9.17) is 4.74 Å². The number of hydrogen-bond donors (Lipinski definition) is 1. The minimum atomic E-state index is 0.500. The van der Waals surface area contributed by atoms with E-state index < -0.39 is 0 Å². The molecule has 0 saturated heterocycles. The van der Waals surface area contributed by atoms with E-state index in [9.17, 15) is 0 Å². The first-order valence-corrected chi connectivity index (χ1v) is 7.99. The molecule has 0 aromatic carbocycles. The average molecular weight is 267 g/mol. The lowest BCUT2D eigenvalue weighted by Gasteiger charge is -2.26. The van der Waals surface area contributed by atoms with Gasteiger partial charge in [-0.25, -0.2) is 0 Å². The molecule has 1 aliphatic rings. The highest BCUT2D eigenvalue weighted by Crippen LogP contribution is 2.27. The molecule has 1 saturated carbocycles. The SMILES string of the molecule is CCNCc1ccc(COC2CCC(C)CC2)s1. The van der Waals surface area contributed by atoms with Gasteiger partial charge in [0.25, 0.3) is 0 Å². The second-order valence-corrected chi connectivity index (χ2v) is 6.59. The number of thiophene rings is 1. The van der Waals surface area contributed by atoms with Crippen LogP contribution in [0, 0.1) is 5.92 Å². The Morgan fingerprint density at radius 2 is 1.94 bits per heavy atom. The number of ether oxygens (including phenoxy) is 1. The minimum Gasteiger partial charge on any atom is -0.373 e. The summed E-state index contributed by atoms with van der Waals surface area (Å²) >= 11 is 1.87. The third-order valence-electron chi connectivity index (χ3n) is 3.69. The molecule has 0 radical (unpaired) electrons. The maximum atomic E-state index is 6.03. The molecule has 102 valence electrons. The first kappa shape index (κ1) is 14.0. The van der Waals surface area contributed by atoms with E-state index in [1.807, 2.05) is 11.3 Å². The van der Waals surface area contributed by atoms with Gasteiger partial charge in [-0.3, -0.25) is 0 Å². The van der Waals surface area contributed by atoms with E-state index in [-0.39, 0.29) is 0 Å². The fourth-order valence-electron chi connectivity index (χ4n) is 2.44. The number of nitrogens with one attached hydrogen (secondary N) is 1. The molecule has 0 atom stereocenters. The molecule has 1 fully saturated rings. The molecule has 1 aliphatic carbocycles. The number of hydrogen-bond acceptors (Lipinski definition) is 3. The highest BCUT2D eigenvalue weighted by Gasteiger charge is 2.18. The zero-order chi connectivity index (χ0) is 12.8. The van der Waals surface area contributed by atoms with Gasteiger partial charge in [0, 0.05) is 16.3 Å². The van der Waals surface area contributed by atoms with Crippen molar-refractivity contribution in [2.24, 2.45) is 5.92 Å². The summed E-state index contributed by atoms with van der Waals surface area (Å²) in [5.74, 6) is 0.901. The molecule has 1 aromatic rings. The largest absolute Gasteiger partial charge is 0.373 e. The van der Waals surface area contributed by atoms with Gasteiger partial charge in [0.2, 0.25) is 0 Å². The second-order valence-electron chi connectivity index (χ2n) is 5.34. The summed E-state index contributed by atoms with van der Waals surface area (Å²) in [6.45, 7) is 7.31. The summed E-state index contributed by atoms with van der Waals surface area (Å²) in [6, 6.07) is 4.43. The highest BCUT2D eigenvalue weighted by atomic mass is 32.1. The summed E-state index contributed by atoms with van der Waals surface area (Å²) in [4.78, 5) is 2.77. The zero-order valence-electron chi connectivity index (χ0n) is 11.6. The summed E-state index contributed by atoms with van der Waals surface area (Å²) in [7, 11) is 0. The van der Waals surface area contributed by atoms with E-state index in [0.29, 0.717) is 6.10 Å². The second kappa shape index (κ2) is 7.27. The van der Waals surface area contributed by atoms with Crippen LogP contribution < -0.4 is 5.32 Å². The minimum absolute atomic E-state index is 0.500. The molecule has 18 heavy (non-hydrogen) atoms. The van der Waals surface area contributed by atoms with Gasteiger partial charge in [-0.2, -0.15) is 0 Å². The predicted molar refractivity (Wildman–Crippen MR) is 77.9 cm³/mol. The Hall–Kier alpha value is -0.380. The van der Waals surface area contributed by atoms with Crippen LogP contribution in [0.3, 0.4) is 0 Å². The van der Waals surface area contributed by atoms with Crippen LogP contribution in [0.1, 0.15) is 49.3 Å². The fourth-order valence-corrected chi connectivity index (χ4v) is 3.35. The summed E-state index contributed by atoms with van der Waals surface area (Å²) < 4.78 is 6.03. The van der Waals surface area contributed by atoms with Gasteiger partial charge in [0.1, 0.15) is 0 Å². The molecule has 0 bridgehead atoms. The van der Waals surface area contributed by atoms with Crippen molar-refractivity contribution >= 4 is 11.3 Å². The van der Waals surface area contributed by atoms with E-state index in [2.05, 4.69) is 31.3 Å². The molecule has 3 heteroatoms. The molecular formula is C15H25NOS. The lowest BCUT2D eigenvalue weighted by atomic mass is 9.89. The van der Waals surface area contributed by atoms with Crippen LogP contribution >= 0.6 is 11.3 Å². The first-order valence-electron chi connectivity index (χ1n) is 7.17. The van der Waals surface area contributed by atoms with Gasteiger partial charge < -0.3 is 10.1 Å². The van der Waals surface area contributed by atoms with Crippen molar-refractivity contribution in [1.29, 1.82) is 0 Å². The van der Waals surface area contributed by atoms with Crippen molar-refractivity contribution in [3.8, 4) is 0 Å². The Morgan fingerprint density at radius 1 is 1.22 bits per heavy atom. The normalized spacial score (nSPS) is 24.3. The van der Waals surface area contributed by atoms with Crippen LogP contribution in [-0.2, 0) is 17.9 Å². The molecule has 1 N–H and O–H groups in total. The molecule has 0 unspecified atom stereocenters. The Bertz CT molecular complexity index is 342. The Morgan fingerprint density at radius 3 is 2.67 bits per heavy atom. The molecule has 0 aliphatic heterocycles. The van der Waals surface area contributed by atoms with Crippen LogP contribution in [0.2, 0.25) is 0 Å². The zero-order valence-corrected chi connectivity index (χ0v) is 12.4. The summed E-state index contributed by atoms with van der Waals surface area (Å²) in [6.07, 6.45) is 5.66. The number of rotatable bonds is 6. The van der Waals surface area contributed by atoms with Crippen molar-refractivity contribution in [1.82, 2.24) is 5.32 Å². The molecule has 1 aromatic heterocycles. The van der Waals surface area contributed by atoms with Gasteiger partial charge >= 0.3 is 0 Å². The van der Waals surface area contributed by atoms with Gasteiger partial charge in [0.15, 0.2) is 0 Å². The Labute approximate surface area is 115 Å². The molecule has 0 spiro atoms. The lowest BCUT2D eigenvalue weighted by Crippen LogP contribution is -2.20. The van der Waals surface area contributed by atoms with Gasteiger partial charge in [-0.15, -0.1) is 11.3 Å². The fraction of sp³-hybridized carbons (Fsp3) is 0.733. The van der Waals surface area contributed by atoms with Crippen LogP contribution in [-0.4, -0.2) is 12.6 Å². The smallest absolute Gasteiger partial charge is 0.0813 e. The predicted octanol–water partition coefficient (Wildman–Crippen LogP) is 3.95. The Balaban J connectivity index is 1.71. The molecule has 1 heterocycles. The van der Waals surface area contributed by atoms with E-state index in [0.717, 1.165) is 25.6 Å².